The van der Waals surface area contributed by atoms with Gasteiger partial charge in [0.2, 0.25) is 0 Å². The van der Waals surface area contributed by atoms with Gasteiger partial charge in [0.15, 0.2) is 5.52 Å². The molecule has 129 valence electrons. The molecule has 1 unspecified atom stereocenters. The van der Waals surface area contributed by atoms with Gasteiger partial charge in [0.25, 0.3) is 0 Å². The fourth-order valence-electron chi connectivity index (χ4n) is 2.84. The molecule has 2 aromatic carbocycles. The second-order valence-corrected chi connectivity index (χ2v) is 6.84. The minimum absolute atomic E-state index is 0. The van der Waals surface area contributed by atoms with Crippen molar-refractivity contribution in [1.29, 1.82) is 0 Å². The Balaban J connectivity index is 0.00000312. The molecule has 0 aliphatic heterocycles. The van der Waals surface area contributed by atoms with Crippen molar-refractivity contribution >= 4 is 38.3 Å². The standard InChI is InChI=1S/C19H23O4P.Li/c1-11-7-12(2)17(13(3)8-11)19(20)24-18-15(22-5)9-14(21-4)10-16(18)23-6;/h7-10,24H,1-6H3;. The zero-order valence-corrected chi connectivity index (χ0v) is 16.9. The van der Waals surface area contributed by atoms with Crippen molar-refractivity contribution in [1.82, 2.24) is 0 Å². The first-order valence-electron chi connectivity index (χ1n) is 7.60. The molecule has 25 heavy (non-hydrogen) atoms. The topological polar surface area (TPSA) is 44.8 Å². The Bertz CT molecular complexity index is 726. The van der Waals surface area contributed by atoms with Crippen LogP contribution in [0.4, 0.5) is 0 Å². The molecule has 0 amide bonds. The number of hydrogen-bond acceptors (Lipinski definition) is 4. The minimum Gasteiger partial charge on any atom is -0.496 e. The van der Waals surface area contributed by atoms with Gasteiger partial charge in [0.1, 0.15) is 17.2 Å². The fourth-order valence-corrected chi connectivity index (χ4v) is 4.18. The van der Waals surface area contributed by atoms with E-state index >= 15 is 0 Å². The van der Waals surface area contributed by atoms with Crippen molar-refractivity contribution in [2.75, 3.05) is 21.3 Å². The predicted octanol–water partition coefficient (Wildman–Crippen LogP) is 3.40. The Labute approximate surface area is 163 Å². The number of carbonyl (C=O) groups is 1. The van der Waals surface area contributed by atoms with Crippen LogP contribution in [0.25, 0.3) is 0 Å². The molecule has 0 saturated heterocycles. The van der Waals surface area contributed by atoms with Crippen LogP contribution in [0.15, 0.2) is 24.3 Å². The first-order chi connectivity index (χ1) is 11.4. The number of carbonyl (C=O) groups excluding carboxylic acids is 1. The van der Waals surface area contributed by atoms with Crippen molar-refractivity contribution in [3.05, 3.63) is 46.5 Å². The third-order valence-electron chi connectivity index (χ3n) is 3.86. The summed E-state index contributed by atoms with van der Waals surface area (Å²) in [5, 5.41) is 0.755. The van der Waals surface area contributed by atoms with Crippen LogP contribution < -0.4 is 19.5 Å². The normalized spacial score (nSPS) is 10.5. The number of aryl methyl sites for hydroxylation is 3. The molecule has 0 N–H and O–H groups in total. The maximum absolute atomic E-state index is 12.9. The quantitative estimate of drug-likeness (QED) is 0.590. The molecule has 0 bridgehead atoms. The Kier molecular flexibility index (Phi) is 8.02. The molecule has 4 nitrogen and oxygen atoms in total. The summed E-state index contributed by atoms with van der Waals surface area (Å²) in [6.45, 7) is 5.98. The molecule has 0 saturated carbocycles. The summed E-state index contributed by atoms with van der Waals surface area (Å²) in [5.74, 6) is 1.83. The molecule has 0 heterocycles. The molecule has 0 fully saturated rings. The molecule has 2 rings (SSSR count). The maximum Gasteiger partial charge on any atom is 0.186 e. The smallest absolute Gasteiger partial charge is 0.186 e. The largest absolute Gasteiger partial charge is 0.496 e. The van der Waals surface area contributed by atoms with Crippen LogP contribution in [0, 0.1) is 20.8 Å². The third kappa shape index (κ3) is 4.79. The molecule has 0 aliphatic rings. The van der Waals surface area contributed by atoms with Crippen molar-refractivity contribution in [3.8, 4) is 17.2 Å². The number of rotatable bonds is 6. The first kappa shape index (κ1) is 21.6. The Morgan fingerprint density at radius 3 is 1.72 bits per heavy atom. The van der Waals surface area contributed by atoms with Gasteiger partial charge in [-0.15, -0.1) is 0 Å². The van der Waals surface area contributed by atoms with Crippen molar-refractivity contribution in [3.63, 3.8) is 0 Å². The summed E-state index contributed by atoms with van der Waals surface area (Å²) in [6.07, 6.45) is 0. The Morgan fingerprint density at radius 1 is 0.840 bits per heavy atom. The third-order valence-corrected chi connectivity index (χ3v) is 5.08. The van der Waals surface area contributed by atoms with Gasteiger partial charge >= 0.3 is 0 Å². The van der Waals surface area contributed by atoms with Crippen LogP contribution in [0.3, 0.4) is 0 Å². The van der Waals surface area contributed by atoms with Crippen LogP contribution >= 0.6 is 8.58 Å². The van der Waals surface area contributed by atoms with Gasteiger partial charge in [-0.1, -0.05) is 17.7 Å². The second kappa shape index (κ2) is 9.29. The number of methoxy groups -OCH3 is 3. The molecule has 6 heteroatoms. The predicted molar refractivity (Wildman–Crippen MR) is 105 cm³/mol. The van der Waals surface area contributed by atoms with E-state index in [0.717, 1.165) is 27.6 Å². The van der Waals surface area contributed by atoms with Gasteiger partial charge < -0.3 is 14.2 Å². The van der Waals surface area contributed by atoms with Gasteiger partial charge in [-0.2, -0.15) is 0 Å². The summed E-state index contributed by atoms with van der Waals surface area (Å²) in [6, 6.07) is 7.61. The number of benzene rings is 2. The van der Waals surface area contributed by atoms with E-state index < -0.39 is 0 Å². The minimum atomic E-state index is -0.0901. The average Bonchev–Trinajstić information content (AvgIpc) is 2.53. The molecular formula is C19H23LiO4P. The molecule has 2 aromatic rings. The van der Waals surface area contributed by atoms with E-state index in [-0.39, 0.29) is 33.0 Å². The van der Waals surface area contributed by atoms with E-state index in [0.29, 0.717) is 17.2 Å². The van der Waals surface area contributed by atoms with E-state index in [1.807, 2.05) is 32.9 Å². The van der Waals surface area contributed by atoms with Crippen LogP contribution in [0.2, 0.25) is 0 Å². The molecule has 1 atom stereocenters. The van der Waals surface area contributed by atoms with Gasteiger partial charge in [0, 0.05) is 36.6 Å². The maximum atomic E-state index is 12.9. The van der Waals surface area contributed by atoms with E-state index in [2.05, 4.69) is 0 Å². The van der Waals surface area contributed by atoms with Gasteiger partial charge in [-0.3, -0.25) is 4.79 Å². The number of ether oxygens (including phenoxy) is 3. The summed E-state index contributed by atoms with van der Waals surface area (Å²) >= 11 is 0. The zero-order valence-electron chi connectivity index (χ0n) is 15.9. The van der Waals surface area contributed by atoms with E-state index in [1.54, 1.807) is 33.5 Å². The summed E-state index contributed by atoms with van der Waals surface area (Å²) in [4.78, 5) is 12.9. The SMILES string of the molecule is COc1cc(OC)c(PC(=O)c2c(C)cc(C)cc2C)c(OC)c1.[Li]. The van der Waals surface area contributed by atoms with Crippen molar-refractivity contribution in [2.24, 2.45) is 0 Å². The van der Waals surface area contributed by atoms with E-state index in [4.69, 9.17) is 14.2 Å². The van der Waals surface area contributed by atoms with E-state index in [9.17, 15) is 4.79 Å². The van der Waals surface area contributed by atoms with Gasteiger partial charge in [-0.05, 0) is 40.5 Å². The molecule has 0 aromatic heterocycles. The summed E-state index contributed by atoms with van der Waals surface area (Å²) < 4.78 is 16.1. The Hall–Kier alpha value is -1.46. The van der Waals surface area contributed by atoms with Crippen LogP contribution in [0.1, 0.15) is 27.0 Å². The summed E-state index contributed by atoms with van der Waals surface area (Å²) in [5.41, 5.74) is 4.00. The van der Waals surface area contributed by atoms with Crippen LogP contribution in [-0.2, 0) is 0 Å². The van der Waals surface area contributed by atoms with Crippen LogP contribution in [-0.4, -0.2) is 45.7 Å². The van der Waals surface area contributed by atoms with E-state index in [1.165, 1.54) is 0 Å². The molecule has 1 radical (unpaired) electrons. The fraction of sp³-hybridized carbons (Fsp3) is 0.316. The van der Waals surface area contributed by atoms with Gasteiger partial charge in [-0.25, -0.2) is 0 Å². The second-order valence-electron chi connectivity index (χ2n) is 5.63. The Morgan fingerprint density at radius 2 is 1.32 bits per heavy atom. The summed E-state index contributed by atoms with van der Waals surface area (Å²) in [7, 11) is 4.65. The van der Waals surface area contributed by atoms with Crippen molar-refractivity contribution in [2.45, 2.75) is 20.8 Å². The molecule has 0 spiro atoms. The number of hydrogen-bond donors (Lipinski definition) is 0. The monoisotopic (exact) mass is 353 g/mol. The molecule has 0 aliphatic carbocycles. The first-order valence-corrected chi connectivity index (χ1v) is 8.60. The average molecular weight is 353 g/mol. The van der Waals surface area contributed by atoms with Crippen molar-refractivity contribution < 1.29 is 19.0 Å². The zero-order chi connectivity index (χ0) is 17.9. The molecular weight excluding hydrogens is 330 g/mol. The van der Waals surface area contributed by atoms with Gasteiger partial charge in [0.05, 0.1) is 26.6 Å². The van der Waals surface area contributed by atoms with Crippen LogP contribution in [0.5, 0.6) is 17.2 Å².